The Morgan fingerprint density at radius 3 is 2.96 bits per heavy atom. The summed E-state index contributed by atoms with van der Waals surface area (Å²) in [6.45, 7) is 4.91. The number of benzene rings is 1. The number of likely N-dealkylation sites (tertiary alicyclic amines) is 1. The third-order valence-electron chi connectivity index (χ3n) is 5.46. The van der Waals surface area contributed by atoms with Gasteiger partial charge in [0.1, 0.15) is 5.69 Å². The monoisotopic (exact) mass is 362 g/mol. The van der Waals surface area contributed by atoms with E-state index in [1.54, 1.807) is 6.20 Å². The maximum absolute atomic E-state index is 12.9. The Hall–Kier alpha value is -2.66. The molecule has 0 saturated carbocycles. The van der Waals surface area contributed by atoms with E-state index in [2.05, 4.69) is 40.3 Å². The number of aryl methyl sites for hydroxylation is 2. The highest BCUT2D eigenvalue weighted by Crippen LogP contribution is 2.22. The van der Waals surface area contributed by atoms with Crippen molar-refractivity contribution >= 4 is 16.8 Å². The number of nitrogens with one attached hydrogen (secondary N) is 1. The smallest absolute Gasteiger partial charge is 0.268 e. The summed E-state index contributed by atoms with van der Waals surface area (Å²) in [5.74, 6) is 0.0151. The Morgan fingerprint density at radius 1 is 1.30 bits per heavy atom. The summed E-state index contributed by atoms with van der Waals surface area (Å²) in [7, 11) is 1.97. The van der Waals surface area contributed by atoms with Crippen LogP contribution >= 0.6 is 0 Å². The first-order chi connectivity index (χ1) is 13.1. The fourth-order valence-corrected chi connectivity index (χ4v) is 4.16. The highest BCUT2D eigenvalue weighted by molar-refractivity contribution is 5.99. The van der Waals surface area contributed by atoms with Crippen molar-refractivity contribution in [3.63, 3.8) is 0 Å². The first kappa shape index (κ1) is 17.7. The molecule has 1 saturated heterocycles. The average molecular weight is 362 g/mol. The van der Waals surface area contributed by atoms with Crippen LogP contribution in [0.1, 0.15) is 34.5 Å². The summed E-state index contributed by atoms with van der Waals surface area (Å²) in [6.07, 6.45) is 5.84. The molecule has 140 valence electrons. The van der Waals surface area contributed by atoms with Crippen molar-refractivity contribution in [3.8, 4) is 0 Å². The summed E-state index contributed by atoms with van der Waals surface area (Å²) in [5, 5.41) is 4.37. The van der Waals surface area contributed by atoms with E-state index in [0.717, 1.165) is 49.1 Å². The summed E-state index contributed by atoms with van der Waals surface area (Å²) in [5.41, 5.74) is 4.26. The summed E-state index contributed by atoms with van der Waals surface area (Å²) < 4.78 is 2.01. The predicted molar refractivity (Wildman–Crippen MR) is 108 cm³/mol. The van der Waals surface area contributed by atoms with E-state index < -0.39 is 0 Å². The van der Waals surface area contributed by atoms with Crippen LogP contribution in [0.2, 0.25) is 0 Å². The highest BCUT2D eigenvalue weighted by atomic mass is 16.2. The Bertz CT molecular complexity index is 948. The van der Waals surface area contributed by atoms with E-state index in [4.69, 9.17) is 0 Å². The number of nitrogens with zero attached hydrogens (tertiary/aromatic N) is 3. The van der Waals surface area contributed by atoms with Crippen molar-refractivity contribution in [1.29, 1.82) is 0 Å². The summed E-state index contributed by atoms with van der Waals surface area (Å²) in [4.78, 5) is 19.5. The lowest BCUT2D eigenvalue weighted by Crippen LogP contribution is -2.47. The minimum absolute atomic E-state index is 0.0151. The number of rotatable bonds is 4. The largest absolute Gasteiger partial charge is 0.347 e. The second-order valence-corrected chi connectivity index (χ2v) is 7.51. The van der Waals surface area contributed by atoms with Gasteiger partial charge in [0, 0.05) is 44.0 Å². The van der Waals surface area contributed by atoms with Crippen LogP contribution in [0.15, 0.2) is 48.8 Å². The molecule has 1 aliphatic rings. The third kappa shape index (κ3) is 3.74. The van der Waals surface area contributed by atoms with Gasteiger partial charge in [-0.1, -0.05) is 24.3 Å². The van der Waals surface area contributed by atoms with Crippen molar-refractivity contribution < 1.29 is 4.79 Å². The van der Waals surface area contributed by atoms with E-state index in [9.17, 15) is 4.79 Å². The quantitative estimate of drug-likeness (QED) is 0.775. The van der Waals surface area contributed by atoms with Crippen molar-refractivity contribution in [2.75, 3.05) is 13.1 Å². The van der Waals surface area contributed by atoms with Gasteiger partial charge >= 0.3 is 0 Å². The molecule has 0 radical (unpaired) electrons. The Morgan fingerprint density at radius 2 is 2.19 bits per heavy atom. The molecule has 1 aliphatic heterocycles. The molecule has 1 atom stereocenters. The molecule has 0 unspecified atom stereocenters. The normalized spacial score (nSPS) is 17.9. The van der Waals surface area contributed by atoms with E-state index in [0.29, 0.717) is 0 Å². The number of amides is 1. The molecular weight excluding hydrogens is 336 g/mol. The van der Waals surface area contributed by atoms with Crippen molar-refractivity contribution in [2.24, 2.45) is 7.05 Å². The van der Waals surface area contributed by atoms with Crippen LogP contribution < -0.4 is 5.32 Å². The zero-order chi connectivity index (χ0) is 18.8. The molecule has 5 heteroatoms. The zero-order valence-electron chi connectivity index (χ0n) is 16.0. The van der Waals surface area contributed by atoms with Crippen LogP contribution in [0.4, 0.5) is 0 Å². The first-order valence-electron chi connectivity index (χ1n) is 9.59. The molecule has 1 aromatic carbocycles. The van der Waals surface area contributed by atoms with Crippen LogP contribution in [-0.2, 0) is 13.6 Å². The Balaban J connectivity index is 1.45. The number of para-hydroxylation sites is 1. The van der Waals surface area contributed by atoms with Gasteiger partial charge in [0.2, 0.25) is 0 Å². The minimum Gasteiger partial charge on any atom is -0.347 e. The van der Waals surface area contributed by atoms with Crippen LogP contribution in [0.25, 0.3) is 10.9 Å². The molecule has 3 aromatic rings. The van der Waals surface area contributed by atoms with Gasteiger partial charge in [0.05, 0.1) is 5.52 Å². The number of aromatic nitrogens is 2. The van der Waals surface area contributed by atoms with E-state index in [1.165, 1.54) is 11.1 Å². The molecule has 4 rings (SSSR count). The molecule has 0 bridgehead atoms. The molecule has 27 heavy (non-hydrogen) atoms. The lowest BCUT2D eigenvalue weighted by molar-refractivity contribution is 0.0893. The molecule has 2 aromatic heterocycles. The summed E-state index contributed by atoms with van der Waals surface area (Å²) in [6, 6.07) is 12.4. The Kier molecular flexibility index (Phi) is 4.94. The lowest BCUT2D eigenvalue weighted by atomic mass is 10.0. The number of piperidine rings is 1. The predicted octanol–water partition coefficient (Wildman–Crippen LogP) is 3.28. The standard InChI is InChI=1S/C22H26N4O/c1-16-6-3-8-18-12-20(25(2)21(16)18)22(27)24-19-9-5-11-26(15-19)14-17-7-4-10-23-13-17/h3-4,6-8,10,12-13,19H,5,9,11,14-15H2,1-2H3,(H,24,27)/t19-/m0/s1. The van der Waals surface area contributed by atoms with Crippen LogP contribution in [0.5, 0.6) is 0 Å². The first-order valence-corrected chi connectivity index (χ1v) is 9.59. The second-order valence-electron chi connectivity index (χ2n) is 7.51. The molecule has 3 heterocycles. The maximum atomic E-state index is 12.9. The van der Waals surface area contributed by atoms with Crippen LogP contribution in [-0.4, -0.2) is 39.5 Å². The maximum Gasteiger partial charge on any atom is 0.268 e. The van der Waals surface area contributed by atoms with Crippen LogP contribution in [0, 0.1) is 6.92 Å². The number of hydrogen-bond donors (Lipinski definition) is 1. The Labute approximate surface area is 160 Å². The van der Waals surface area contributed by atoms with Gasteiger partial charge < -0.3 is 9.88 Å². The topological polar surface area (TPSA) is 50.2 Å². The third-order valence-corrected chi connectivity index (χ3v) is 5.46. The number of carbonyl (C=O) groups is 1. The molecule has 1 fully saturated rings. The van der Waals surface area contributed by atoms with Gasteiger partial charge in [-0.2, -0.15) is 0 Å². The van der Waals surface area contributed by atoms with E-state index in [-0.39, 0.29) is 11.9 Å². The lowest BCUT2D eigenvalue weighted by Gasteiger charge is -2.33. The van der Waals surface area contributed by atoms with Gasteiger partial charge in [-0.3, -0.25) is 14.7 Å². The van der Waals surface area contributed by atoms with Gasteiger partial charge in [0.25, 0.3) is 5.91 Å². The van der Waals surface area contributed by atoms with Crippen molar-refractivity contribution in [3.05, 3.63) is 65.6 Å². The number of hydrogen-bond acceptors (Lipinski definition) is 3. The fraction of sp³-hybridized carbons (Fsp3) is 0.364. The fourth-order valence-electron chi connectivity index (χ4n) is 4.16. The summed E-state index contributed by atoms with van der Waals surface area (Å²) >= 11 is 0. The van der Waals surface area contributed by atoms with Gasteiger partial charge in [-0.25, -0.2) is 0 Å². The molecule has 1 N–H and O–H groups in total. The zero-order valence-corrected chi connectivity index (χ0v) is 16.0. The number of carbonyl (C=O) groups excluding carboxylic acids is 1. The van der Waals surface area contributed by atoms with Gasteiger partial charge in [0.15, 0.2) is 0 Å². The minimum atomic E-state index is 0.0151. The van der Waals surface area contributed by atoms with E-state index >= 15 is 0 Å². The van der Waals surface area contributed by atoms with E-state index in [1.807, 2.05) is 36.0 Å². The highest BCUT2D eigenvalue weighted by Gasteiger charge is 2.23. The average Bonchev–Trinajstić information content (AvgIpc) is 3.01. The molecule has 0 spiro atoms. The van der Waals surface area contributed by atoms with Crippen molar-refractivity contribution in [1.82, 2.24) is 19.8 Å². The SMILES string of the molecule is Cc1cccc2cc(C(=O)N[C@H]3CCCN(Cc4cccnc4)C3)n(C)c12. The van der Waals surface area contributed by atoms with Crippen molar-refractivity contribution in [2.45, 2.75) is 32.4 Å². The molecular formula is C22H26N4O. The second kappa shape index (κ2) is 7.53. The molecule has 0 aliphatic carbocycles. The van der Waals surface area contributed by atoms with Gasteiger partial charge in [-0.05, 0) is 49.6 Å². The molecule has 5 nitrogen and oxygen atoms in total. The van der Waals surface area contributed by atoms with Crippen LogP contribution in [0.3, 0.4) is 0 Å². The van der Waals surface area contributed by atoms with Gasteiger partial charge in [-0.15, -0.1) is 0 Å². The number of fused-ring (bicyclic) bond motifs is 1. The molecule has 1 amide bonds. The number of pyridine rings is 1.